The molecule has 1 atom stereocenters. The van der Waals surface area contributed by atoms with Crippen molar-refractivity contribution < 1.29 is 14.3 Å². The first-order valence-corrected chi connectivity index (χ1v) is 10.9. The minimum Gasteiger partial charge on any atom is -0.497 e. The van der Waals surface area contributed by atoms with Crippen LogP contribution in [-0.4, -0.2) is 52.9 Å². The van der Waals surface area contributed by atoms with Gasteiger partial charge in [0.15, 0.2) is 5.65 Å². The quantitative estimate of drug-likeness (QED) is 0.401. The third-order valence-corrected chi connectivity index (χ3v) is 5.95. The lowest BCUT2D eigenvalue weighted by molar-refractivity contribution is -0.118. The number of aromatic nitrogens is 4. The summed E-state index contributed by atoms with van der Waals surface area (Å²) in [4.78, 5) is 23.9. The first-order chi connectivity index (χ1) is 16.6. The molecule has 4 aromatic rings. The molecular formula is C24H25N7O3. The minimum absolute atomic E-state index is 0.0406. The SMILES string of the molecule is COc1ccc(OC)c(CC(=O)N2CC(Nc3nc(N)nc4[nH]ncc34)Cc3ccccc32)c1. The van der Waals surface area contributed by atoms with E-state index in [1.165, 1.54) is 0 Å². The van der Waals surface area contributed by atoms with Crippen LogP contribution in [0.5, 0.6) is 11.5 Å². The Bertz CT molecular complexity index is 1350. The number of nitrogens with one attached hydrogen (secondary N) is 2. The van der Waals surface area contributed by atoms with Gasteiger partial charge in [-0.25, -0.2) is 0 Å². The van der Waals surface area contributed by atoms with Crippen molar-refractivity contribution in [2.75, 3.05) is 36.7 Å². The van der Waals surface area contributed by atoms with Gasteiger partial charge in [-0.05, 0) is 36.2 Å². The Hall–Kier alpha value is -4.34. The normalized spacial score (nSPS) is 15.1. The molecule has 0 spiro atoms. The average Bonchev–Trinajstić information content (AvgIpc) is 3.32. The van der Waals surface area contributed by atoms with Crippen LogP contribution in [0.25, 0.3) is 11.0 Å². The van der Waals surface area contributed by atoms with Crippen LogP contribution in [0.1, 0.15) is 11.1 Å². The minimum atomic E-state index is -0.0848. The van der Waals surface area contributed by atoms with Gasteiger partial charge >= 0.3 is 0 Å². The number of H-pyrrole nitrogens is 1. The molecule has 0 saturated heterocycles. The summed E-state index contributed by atoms with van der Waals surface area (Å²) < 4.78 is 10.8. The highest BCUT2D eigenvalue weighted by atomic mass is 16.5. The first kappa shape index (κ1) is 21.5. The first-order valence-electron chi connectivity index (χ1n) is 10.9. The van der Waals surface area contributed by atoms with Crippen LogP contribution in [0.2, 0.25) is 0 Å². The lowest BCUT2D eigenvalue weighted by Gasteiger charge is -2.35. The Morgan fingerprint density at radius 2 is 2.06 bits per heavy atom. The number of aromatic amines is 1. The van der Waals surface area contributed by atoms with E-state index in [4.69, 9.17) is 15.2 Å². The maximum Gasteiger partial charge on any atom is 0.231 e. The van der Waals surface area contributed by atoms with Crippen molar-refractivity contribution in [2.24, 2.45) is 0 Å². The largest absolute Gasteiger partial charge is 0.497 e. The summed E-state index contributed by atoms with van der Waals surface area (Å²) >= 11 is 0. The second kappa shape index (κ2) is 8.89. The smallest absolute Gasteiger partial charge is 0.231 e. The molecule has 5 rings (SSSR count). The van der Waals surface area contributed by atoms with Crippen molar-refractivity contribution in [1.82, 2.24) is 20.2 Å². The fourth-order valence-corrected chi connectivity index (χ4v) is 4.36. The molecule has 0 fully saturated rings. The number of hydrogen-bond acceptors (Lipinski definition) is 8. The van der Waals surface area contributed by atoms with E-state index in [2.05, 4.69) is 25.5 Å². The number of carbonyl (C=O) groups is 1. The van der Waals surface area contributed by atoms with Crippen molar-refractivity contribution in [3.63, 3.8) is 0 Å². The Labute approximate surface area is 196 Å². The van der Waals surface area contributed by atoms with Gasteiger partial charge in [0.25, 0.3) is 0 Å². The van der Waals surface area contributed by atoms with E-state index in [-0.39, 0.29) is 24.3 Å². The number of hydrogen-bond donors (Lipinski definition) is 3. The topological polar surface area (TPSA) is 131 Å². The number of fused-ring (bicyclic) bond motifs is 2. The number of methoxy groups -OCH3 is 2. The van der Waals surface area contributed by atoms with Crippen LogP contribution in [0.3, 0.4) is 0 Å². The van der Waals surface area contributed by atoms with Crippen LogP contribution >= 0.6 is 0 Å². The van der Waals surface area contributed by atoms with E-state index >= 15 is 0 Å². The van der Waals surface area contributed by atoms with E-state index in [1.807, 2.05) is 47.4 Å². The van der Waals surface area contributed by atoms with E-state index in [9.17, 15) is 4.79 Å². The summed E-state index contributed by atoms with van der Waals surface area (Å²) in [6.07, 6.45) is 2.56. The number of anilines is 3. The van der Waals surface area contributed by atoms with Gasteiger partial charge < -0.3 is 25.4 Å². The predicted molar refractivity (Wildman–Crippen MR) is 129 cm³/mol. The molecule has 0 saturated carbocycles. The summed E-state index contributed by atoms with van der Waals surface area (Å²) in [7, 11) is 3.19. The average molecular weight is 460 g/mol. The van der Waals surface area contributed by atoms with Crippen molar-refractivity contribution in [2.45, 2.75) is 18.9 Å². The Morgan fingerprint density at radius 3 is 2.88 bits per heavy atom. The maximum absolute atomic E-state index is 13.6. The molecule has 2 aromatic heterocycles. The number of para-hydroxylation sites is 1. The number of ether oxygens (including phenoxy) is 2. The molecule has 174 valence electrons. The second-order valence-electron chi connectivity index (χ2n) is 8.10. The monoisotopic (exact) mass is 459 g/mol. The molecule has 0 aliphatic carbocycles. The molecule has 0 radical (unpaired) electrons. The molecule has 0 bridgehead atoms. The number of nitrogen functional groups attached to an aromatic ring is 1. The fourth-order valence-electron chi connectivity index (χ4n) is 4.36. The maximum atomic E-state index is 13.6. The van der Waals surface area contributed by atoms with Gasteiger partial charge in [0.2, 0.25) is 11.9 Å². The highest BCUT2D eigenvalue weighted by Crippen LogP contribution is 2.31. The van der Waals surface area contributed by atoms with Crippen LogP contribution in [-0.2, 0) is 17.6 Å². The summed E-state index contributed by atoms with van der Waals surface area (Å²) in [5.74, 6) is 2.01. The second-order valence-corrected chi connectivity index (χ2v) is 8.10. The molecule has 1 aliphatic rings. The molecule has 1 aliphatic heterocycles. The standard InChI is InChI=1S/C24H25N7O3/c1-33-17-7-8-20(34-2)15(10-17)11-21(32)31-13-16(9-14-5-3-4-6-19(14)31)27-22-18-12-26-30-23(18)29-24(25)28-22/h3-8,10,12,16H,9,11,13H2,1-2H3,(H4,25,26,27,28,29,30). The van der Waals surface area contributed by atoms with Gasteiger partial charge in [-0.2, -0.15) is 15.1 Å². The summed E-state index contributed by atoms with van der Waals surface area (Å²) in [5, 5.41) is 11.1. The van der Waals surface area contributed by atoms with Crippen LogP contribution in [0.4, 0.5) is 17.5 Å². The van der Waals surface area contributed by atoms with Crippen LogP contribution in [0, 0.1) is 0 Å². The number of nitrogens with zero attached hydrogens (tertiary/aromatic N) is 4. The number of carbonyl (C=O) groups excluding carboxylic acids is 1. The lowest BCUT2D eigenvalue weighted by atomic mass is 9.96. The zero-order valence-corrected chi connectivity index (χ0v) is 18.9. The van der Waals surface area contributed by atoms with Crippen LogP contribution in [0.15, 0.2) is 48.7 Å². The molecule has 1 unspecified atom stereocenters. The van der Waals surface area contributed by atoms with Gasteiger partial charge in [-0.3, -0.25) is 9.89 Å². The molecule has 1 amide bonds. The molecule has 2 aromatic carbocycles. The van der Waals surface area contributed by atoms with E-state index in [1.54, 1.807) is 20.4 Å². The molecular weight excluding hydrogens is 434 g/mol. The molecule has 10 nitrogen and oxygen atoms in total. The lowest BCUT2D eigenvalue weighted by Crippen LogP contribution is -2.46. The zero-order valence-electron chi connectivity index (χ0n) is 18.9. The number of nitrogens with two attached hydrogens (primary N) is 1. The van der Waals surface area contributed by atoms with E-state index in [0.29, 0.717) is 29.5 Å². The number of benzene rings is 2. The third-order valence-electron chi connectivity index (χ3n) is 5.95. The Morgan fingerprint density at radius 1 is 1.21 bits per heavy atom. The van der Waals surface area contributed by atoms with Crippen molar-refractivity contribution in [3.05, 3.63) is 59.8 Å². The van der Waals surface area contributed by atoms with Gasteiger partial charge in [0.05, 0.1) is 32.2 Å². The molecule has 10 heteroatoms. The van der Waals surface area contributed by atoms with E-state index in [0.717, 1.165) is 28.6 Å². The molecule has 4 N–H and O–H groups in total. The Balaban J connectivity index is 1.44. The van der Waals surface area contributed by atoms with Crippen molar-refractivity contribution in [1.29, 1.82) is 0 Å². The summed E-state index contributed by atoms with van der Waals surface area (Å²) in [6.45, 7) is 0.464. The van der Waals surface area contributed by atoms with Crippen molar-refractivity contribution in [3.8, 4) is 11.5 Å². The van der Waals surface area contributed by atoms with Gasteiger partial charge in [-0.15, -0.1) is 0 Å². The summed E-state index contributed by atoms with van der Waals surface area (Å²) in [5.41, 5.74) is 9.19. The van der Waals surface area contributed by atoms with Crippen molar-refractivity contribution >= 4 is 34.4 Å². The van der Waals surface area contributed by atoms with Gasteiger partial charge in [-0.1, -0.05) is 18.2 Å². The highest BCUT2D eigenvalue weighted by molar-refractivity contribution is 5.96. The van der Waals surface area contributed by atoms with Gasteiger partial charge in [0, 0.05) is 23.8 Å². The van der Waals surface area contributed by atoms with E-state index < -0.39 is 0 Å². The third kappa shape index (κ3) is 4.05. The fraction of sp³-hybridized carbons (Fsp3) is 0.250. The zero-order chi connectivity index (χ0) is 23.7. The number of amides is 1. The summed E-state index contributed by atoms with van der Waals surface area (Å²) in [6, 6.07) is 13.3. The predicted octanol–water partition coefficient (Wildman–Crippen LogP) is 2.56. The van der Waals surface area contributed by atoms with Gasteiger partial charge in [0.1, 0.15) is 17.3 Å². The number of rotatable bonds is 6. The Kier molecular flexibility index (Phi) is 5.62. The highest BCUT2D eigenvalue weighted by Gasteiger charge is 2.29. The van der Waals surface area contributed by atoms with Crippen LogP contribution < -0.4 is 25.4 Å². The molecule has 3 heterocycles. The molecule has 34 heavy (non-hydrogen) atoms.